The van der Waals surface area contributed by atoms with E-state index in [1.165, 1.54) is 0 Å². The van der Waals surface area contributed by atoms with Crippen molar-refractivity contribution in [2.75, 3.05) is 7.11 Å². The molecule has 0 saturated heterocycles. The van der Waals surface area contributed by atoms with Crippen LogP contribution < -0.4 is 21.7 Å². The van der Waals surface area contributed by atoms with Crippen LogP contribution in [0.1, 0.15) is 15.9 Å². The molecule has 2 rings (SSSR count). The van der Waals surface area contributed by atoms with Crippen LogP contribution in [0, 0.1) is 0 Å². The Morgan fingerprint density at radius 2 is 1.95 bits per heavy atom. The van der Waals surface area contributed by atoms with Gasteiger partial charge in [-0.25, -0.2) is 4.79 Å². The van der Waals surface area contributed by atoms with Gasteiger partial charge in [0.1, 0.15) is 11.3 Å². The lowest BCUT2D eigenvalue weighted by atomic mass is 10.2. The molecule has 19 heavy (non-hydrogen) atoms. The zero-order valence-electron chi connectivity index (χ0n) is 10.4. The minimum atomic E-state index is -0.918. The molecule has 1 heterocycles. The molecule has 1 N–H and O–H groups in total. The van der Waals surface area contributed by atoms with Crippen molar-refractivity contribution in [2.45, 2.75) is 6.54 Å². The van der Waals surface area contributed by atoms with Crippen LogP contribution in [0.5, 0.6) is 5.75 Å². The molecule has 1 aromatic heterocycles. The molecule has 0 aliphatic heterocycles. The molecule has 0 aliphatic rings. The highest BCUT2D eigenvalue weighted by atomic mass is 35.5. The molecule has 2 aromatic rings. The quantitative estimate of drug-likeness (QED) is 0.711. The number of aromatic carboxylic acids is 1. The second kappa shape index (κ2) is 6.75. The Hall–Kier alpha value is -2.07. The fraction of sp³-hybridized carbons (Fsp3) is 0.143. The van der Waals surface area contributed by atoms with Crippen molar-refractivity contribution in [1.82, 2.24) is 0 Å². The van der Waals surface area contributed by atoms with E-state index >= 15 is 0 Å². The zero-order valence-corrected chi connectivity index (χ0v) is 11.2. The topological polar surface area (TPSA) is 50.4 Å². The maximum atomic E-state index is 10.9. The van der Waals surface area contributed by atoms with Gasteiger partial charge in [0.25, 0.3) is 0 Å². The van der Waals surface area contributed by atoms with E-state index in [4.69, 9.17) is 9.84 Å². The molecule has 4 nitrogen and oxygen atoms in total. The highest BCUT2D eigenvalue weighted by Crippen LogP contribution is 2.10. The van der Waals surface area contributed by atoms with Crippen molar-refractivity contribution < 1.29 is 31.6 Å². The first kappa shape index (κ1) is 15.0. The molecule has 0 unspecified atom stereocenters. The molecular formula is C14H14ClNO3. The van der Waals surface area contributed by atoms with Crippen LogP contribution in [0.2, 0.25) is 0 Å². The van der Waals surface area contributed by atoms with Crippen LogP contribution in [-0.2, 0) is 6.54 Å². The van der Waals surface area contributed by atoms with Crippen molar-refractivity contribution >= 4 is 5.97 Å². The predicted octanol–water partition coefficient (Wildman–Crippen LogP) is -1.27. The number of aromatic nitrogens is 1. The molecule has 0 atom stereocenters. The van der Waals surface area contributed by atoms with E-state index in [0.717, 1.165) is 11.3 Å². The van der Waals surface area contributed by atoms with Gasteiger partial charge in [-0.15, -0.1) is 0 Å². The number of benzene rings is 1. The van der Waals surface area contributed by atoms with Crippen molar-refractivity contribution in [3.8, 4) is 5.75 Å². The summed E-state index contributed by atoms with van der Waals surface area (Å²) in [7, 11) is 1.63. The number of nitrogens with zero attached hydrogens (tertiary/aromatic N) is 1. The van der Waals surface area contributed by atoms with Gasteiger partial charge in [-0.3, -0.25) is 0 Å². The Labute approximate surface area is 117 Å². The van der Waals surface area contributed by atoms with Crippen LogP contribution >= 0.6 is 0 Å². The molecule has 0 bridgehead atoms. The van der Waals surface area contributed by atoms with Gasteiger partial charge >= 0.3 is 5.97 Å². The largest absolute Gasteiger partial charge is 1.00 e. The summed E-state index contributed by atoms with van der Waals surface area (Å²) in [5, 5.41) is 8.91. The van der Waals surface area contributed by atoms with Crippen LogP contribution in [0.25, 0.3) is 0 Å². The summed E-state index contributed by atoms with van der Waals surface area (Å²) in [5.41, 5.74) is 1.37. The third-order valence-corrected chi connectivity index (χ3v) is 2.63. The third kappa shape index (κ3) is 3.96. The zero-order chi connectivity index (χ0) is 13.0. The second-order valence-electron chi connectivity index (χ2n) is 3.92. The Bertz CT molecular complexity index is 555. The van der Waals surface area contributed by atoms with Gasteiger partial charge in [0, 0.05) is 11.6 Å². The minimum Gasteiger partial charge on any atom is -1.00 e. The number of carbonyl (C=O) groups is 1. The van der Waals surface area contributed by atoms with Crippen LogP contribution in [-0.4, -0.2) is 18.2 Å². The molecule has 0 amide bonds. The maximum absolute atomic E-state index is 10.9. The van der Waals surface area contributed by atoms with Gasteiger partial charge in [-0.2, -0.15) is 4.57 Å². The van der Waals surface area contributed by atoms with Crippen molar-refractivity contribution in [3.63, 3.8) is 0 Å². The minimum absolute atomic E-state index is 0. The van der Waals surface area contributed by atoms with Gasteiger partial charge in [0.05, 0.1) is 7.11 Å². The van der Waals surface area contributed by atoms with Crippen molar-refractivity contribution in [2.24, 2.45) is 0 Å². The lowest BCUT2D eigenvalue weighted by Gasteiger charge is -2.01. The molecule has 1 aromatic carbocycles. The fourth-order valence-corrected chi connectivity index (χ4v) is 1.69. The average Bonchev–Trinajstić information content (AvgIpc) is 2.40. The molecule has 0 aliphatic carbocycles. The molecule has 100 valence electrons. The average molecular weight is 280 g/mol. The lowest BCUT2D eigenvalue weighted by Crippen LogP contribution is -3.00. The molecule has 0 spiro atoms. The van der Waals surface area contributed by atoms with Crippen LogP contribution in [0.4, 0.5) is 0 Å². The molecule has 0 saturated carbocycles. The SMILES string of the molecule is COc1ccc(C[n+]2cccc(C(=O)O)c2)cc1.[Cl-]. The number of rotatable bonds is 4. The summed E-state index contributed by atoms with van der Waals surface area (Å²) < 4.78 is 6.92. The smallest absolute Gasteiger partial charge is 0.341 e. The summed E-state index contributed by atoms with van der Waals surface area (Å²) in [5.74, 6) is -0.109. The van der Waals surface area contributed by atoms with Gasteiger partial charge in [-0.1, -0.05) is 0 Å². The van der Waals surface area contributed by atoms with Gasteiger partial charge in [0.15, 0.2) is 18.9 Å². The number of hydrogen-bond acceptors (Lipinski definition) is 2. The summed E-state index contributed by atoms with van der Waals surface area (Å²) in [6, 6.07) is 11.0. The monoisotopic (exact) mass is 279 g/mol. The normalized spacial score (nSPS) is 9.53. The van der Waals surface area contributed by atoms with E-state index in [1.807, 2.05) is 35.0 Å². The Kier molecular flexibility index (Phi) is 5.33. The maximum Gasteiger partial charge on any atom is 0.341 e. The number of hydrogen-bond donors (Lipinski definition) is 1. The first-order valence-corrected chi connectivity index (χ1v) is 5.54. The lowest BCUT2D eigenvalue weighted by molar-refractivity contribution is -0.688. The standard InChI is InChI=1S/C14H13NO3.ClH/c1-18-13-6-4-11(5-7-13)9-15-8-2-3-12(10-15)14(16)17;/h2-8,10H,9H2,1H3;1H. The number of pyridine rings is 1. The van der Waals surface area contributed by atoms with E-state index < -0.39 is 5.97 Å². The third-order valence-electron chi connectivity index (χ3n) is 2.63. The summed E-state index contributed by atoms with van der Waals surface area (Å²) >= 11 is 0. The van der Waals surface area contributed by atoms with E-state index in [2.05, 4.69) is 0 Å². The van der Waals surface area contributed by atoms with Crippen molar-refractivity contribution in [1.29, 1.82) is 0 Å². The summed E-state index contributed by atoms with van der Waals surface area (Å²) in [4.78, 5) is 10.9. The van der Waals surface area contributed by atoms with Gasteiger partial charge < -0.3 is 22.3 Å². The molecule has 5 heteroatoms. The van der Waals surface area contributed by atoms with E-state index in [1.54, 1.807) is 25.4 Å². The van der Waals surface area contributed by atoms with Crippen LogP contribution in [0.3, 0.4) is 0 Å². The fourth-order valence-electron chi connectivity index (χ4n) is 1.69. The number of halogens is 1. The number of carboxylic acid groups (broad SMARTS) is 1. The Balaban J connectivity index is 0.00000180. The number of methoxy groups -OCH3 is 1. The highest BCUT2D eigenvalue weighted by Gasteiger charge is 2.09. The van der Waals surface area contributed by atoms with Gasteiger partial charge in [0.2, 0.25) is 0 Å². The second-order valence-corrected chi connectivity index (χ2v) is 3.92. The summed E-state index contributed by atoms with van der Waals surface area (Å²) in [6.07, 6.45) is 3.46. The number of ether oxygens (including phenoxy) is 1. The first-order chi connectivity index (χ1) is 8.69. The Morgan fingerprint density at radius 3 is 2.53 bits per heavy atom. The molecule has 0 radical (unpaired) electrons. The van der Waals surface area contributed by atoms with E-state index in [0.29, 0.717) is 6.54 Å². The number of carboxylic acids is 1. The van der Waals surface area contributed by atoms with E-state index in [9.17, 15) is 4.79 Å². The highest BCUT2D eigenvalue weighted by molar-refractivity contribution is 5.86. The molecule has 0 fully saturated rings. The Morgan fingerprint density at radius 1 is 1.26 bits per heavy atom. The molecular weight excluding hydrogens is 266 g/mol. The van der Waals surface area contributed by atoms with Crippen molar-refractivity contribution in [3.05, 3.63) is 59.9 Å². The van der Waals surface area contributed by atoms with E-state index in [-0.39, 0.29) is 18.0 Å². The first-order valence-electron chi connectivity index (χ1n) is 5.54. The van der Waals surface area contributed by atoms with Crippen LogP contribution in [0.15, 0.2) is 48.8 Å². The summed E-state index contributed by atoms with van der Waals surface area (Å²) in [6.45, 7) is 0.630. The van der Waals surface area contributed by atoms with Gasteiger partial charge in [-0.05, 0) is 30.3 Å². The predicted molar refractivity (Wildman–Crippen MR) is 65.7 cm³/mol.